The van der Waals surface area contributed by atoms with Crippen LogP contribution < -0.4 is 0 Å². The van der Waals surface area contributed by atoms with Gasteiger partial charge in [-0.1, -0.05) is 22.8 Å². The smallest absolute Gasteiger partial charge is 0.356 e. The van der Waals surface area contributed by atoms with Gasteiger partial charge in [0.15, 0.2) is 11.5 Å². The van der Waals surface area contributed by atoms with Gasteiger partial charge < -0.3 is 9.63 Å². The van der Waals surface area contributed by atoms with E-state index in [0.717, 1.165) is 15.4 Å². The summed E-state index contributed by atoms with van der Waals surface area (Å²) < 4.78 is 7.66. The van der Waals surface area contributed by atoms with Crippen molar-refractivity contribution in [2.45, 2.75) is 6.54 Å². The minimum atomic E-state index is -1.06. The van der Waals surface area contributed by atoms with Crippen LogP contribution in [0.3, 0.4) is 0 Å². The van der Waals surface area contributed by atoms with Crippen LogP contribution in [0.2, 0.25) is 4.34 Å². The lowest BCUT2D eigenvalue weighted by Crippen LogP contribution is -2.05. The maximum Gasteiger partial charge on any atom is 0.356 e. The molecule has 0 amide bonds. The molecule has 4 rings (SSSR count). The highest BCUT2D eigenvalue weighted by Crippen LogP contribution is 2.32. The molecule has 4 aromatic rings. The van der Waals surface area contributed by atoms with Gasteiger partial charge in [0.1, 0.15) is 5.69 Å². The van der Waals surface area contributed by atoms with Gasteiger partial charge in [0.05, 0.1) is 26.3 Å². The van der Waals surface area contributed by atoms with E-state index in [2.05, 4.69) is 10.3 Å². The van der Waals surface area contributed by atoms with Crippen molar-refractivity contribution in [3.8, 4) is 21.2 Å². The highest BCUT2D eigenvalue weighted by molar-refractivity contribution is 7.19. The van der Waals surface area contributed by atoms with Gasteiger partial charge in [0, 0.05) is 6.07 Å². The molecule has 0 bridgehead atoms. The summed E-state index contributed by atoms with van der Waals surface area (Å²) in [7, 11) is 0. The summed E-state index contributed by atoms with van der Waals surface area (Å²) in [4.78, 5) is 13.1. The van der Waals surface area contributed by atoms with Gasteiger partial charge in [-0.3, -0.25) is 4.68 Å². The molecule has 0 aliphatic carbocycles. The molecule has 0 saturated carbocycles. The summed E-state index contributed by atoms with van der Waals surface area (Å²) in [6.45, 7) is 0.309. The fraction of sp³-hybridized carbons (Fsp3) is 0.0625. The number of nitrogens with zero attached hydrogens (tertiary/aromatic N) is 3. The monoisotopic (exact) mass is 391 g/mol. The largest absolute Gasteiger partial charge is 0.476 e. The zero-order valence-corrected chi connectivity index (χ0v) is 14.9. The molecular weight excluding hydrogens is 382 g/mol. The first-order valence-electron chi connectivity index (χ1n) is 7.16. The van der Waals surface area contributed by atoms with E-state index in [9.17, 15) is 9.90 Å². The second-order valence-electron chi connectivity index (χ2n) is 5.14. The van der Waals surface area contributed by atoms with Crippen molar-refractivity contribution < 1.29 is 14.4 Å². The minimum absolute atomic E-state index is 0.00263. The summed E-state index contributed by atoms with van der Waals surface area (Å²) in [5.74, 6) is -0.444. The molecule has 126 valence electrons. The first kappa shape index (κ1) is 16.1. The lowest BCUT2D eigenvalue weighted by molar-refractivity contribution is 0.0689. The van der Waals surface area contributed by atoms with Crippen LogP contribution in [0.25, 0.3) is 21.2 Å². The van der Waals surface area contributed by atoms with Crippen molar-refractivity contribution in [2.24, 2.45) is 0 Å². The van der Waals surface area contributed by atoms with E-state index in [0.29, 0.717) is 22.3 Å². The Kier molecular flexibility index (Phi) is 4.16. The van der Waals surface area contributed by atoms with E-state index in [4.69, 9.17) is 16.1 Å². The number of rotatable bonds is 5. The summed E-state index contributed by atoms with van der Waals surface area (Å²) >= 11 is 8.87. The fourth-order valence-corrected chi connectivity index (χ4v) is 4.10. The standard InChI is InChI=1S/C16H10ClN3O3S2/c17-15-4-3-14(25-15)12-6-9(19-23-12)8-20-11(13-2-1-5-24-13)7-10(18-20)16(21)22/h1-7H,8H2,(H,21,22). The van der Waals surface area contributed by atoms with Gasteiger partial charge >= 0.3 is 5.97 Å². The number of aromatic nitrogens is 3. The topological polar surface area (TPSA) is 81.1 Å². The molecule has 0 aliphatic rings. The normalized spacial score (nSPS) is 11.1. The van der Waals surface area contributed by atoms with E-state index in [1.807, 2.05) is 29.6 Å². The first-order chi connectivity index (χ1) is 12.1. The van der Waals surface area contributed by atoms with Crippen LogP contribution in [0.5, 0.6) is 0 Å². The van der Waals surface area contributed by atoms with Crippen molar-refractivity contribution in [3.05, 3.63) is 57.5 Å². The van der Waals surface area contributed by atoms with E-state index in [1.165, 1.54) is 22.7 Å². The molecule has 0 spiro atoms. The molecule has 0 aliphatic heterocycles. The molecule has 25 heavy (non-hydrogen) atoms. The third-order valence-electron chi connectivity index (χ3n) is 3.46. The number of carboxylic acids is 1. The fourth-order valence-electron chi connectivity index (χ4n) is 2.37. The lowest BCUT2D eigenvalue weighted by atomic mass is 10.3. The maximum absolute atomic E-state index is 11.3. The van der Waals surface area contributed by atoms with Crippen LogP contribution in [-0.2, 0) is 6.54 Å². The number of halogens is 1. The highest BCUT2D eigenvalue weighted by atomic mass is 35.5. The molecule has 4 aromatic heterocycles. The molecule has 6 nitrogen and oxygen atoms in total. The van der Waals surface area contributed by atoms with Crippen LogP contribution >= 0.6 is 34.3 Å². The van der Waals surface area contributed by atoms with Crippen LogP contribution in [0.15, 0.2) is 46.3 Å². The number of carbonyl (C=O) groups is 1. The summed E-state index contributed by atoms with van der Waals surface area (Å²) in [6.07, 6.45) is 0. The number of aromatic carboxylic acids is 1. The van der Waals surface area contributed by atoms with Gasteiger partial charge in [-0.05, 0) is 29.6 Å². The summed E-state index contributed by atoms with van der Waals surface area (Å²) in [5.41, 5.74) is 1.38. The first-order valence-corrected chi connectivity index (χ1v) is 9.24. The van der Waals surface area contributed by atoms with Crippen molar-refractivity contribution in [2.75, 3.05) is 0 Å². The highest BCUT2D eigenvalue weighted by Gasteiger charge is 2.17. The van der Waals surface area contributed by atoms with E-state index in [1.54, 1.807) is 16.8 Å². The van der Waals surface area contributed by atoms with Gasteiger partial charge in [-0.2, -0.15) is 5.10 Å². The minimum Gasteiger partial charge on any atom is -0.476 e. The Morgan fingerprint density at radius 3 is 2.84 bits per heavy atom. The zero-order valence-electron chi connectivity index (χ0n) is 12.5. The van der Waals surface area contributed by atoms with Gasteiger partial charge in [0.25, 0.3) is 0 Å². The second-order valence-corrected chi connectivity index (χ2v) is 7.80. The van der Waals surface area contributed by atoms with Crippen molar-refractivity contribution in [1.29, 1.82) is 0 Å². The molecular formula is C16H10ClN3O3S2. The third-order valence-corrected chi connectivity index (χ3v) is 5.60. The van der Waals surface area contributed by atoms with Crippen molar-refractivity contribution >= 4 is 40.2 Å². The molecule has 9 heteroatoms. The average Bonchev–Trinajstić information content (AvgIpc) is 3.34. The van der Waals surface area contributed by atoms with Gasteiger partial charge in [-0.25, -0.2) is 4.79 Å². The predicted octanol–water partition coefficient (Wildman–Crippen LogP) is 4.73. The van der Waals surface area contributed by atoms with Gasteiger partial charge in [-0.15, -0.1) is 22.7 Å². The molecule has 0 aromatic carbocycles. The second kappa shape index (κ2) is 6.47. The average molecular weight is 392 g/mol. The summed E-state index contributed by atoms with van der Waals surface area (Å²) in [6, 6.07) is 10.9. The molecule has 0 fully saturated rings. The number of carboxylic acid groups (broad SMARTS) is 1. The number of hydrogen-bond donors (Lipinski definition) is 1. The maximum atomic E-state index is 11.3. The molecule has 1 N–H and O–H groups in total. The quantitative estimate of drug-likeness (QED) is 0.532. The van der Waals surface area contributed by atoms with Crippen LogP contribution in [0, 0.1) is 0 Å². The molecule has 0 atom stereocenters. The third kappa shape index (κ3) is 3.23. The number of hydrogen-bond acceptors (Lipinski definition) is 6. The van der Waals surface area contributed by atoms with Gasteiger partial charge in [0.2, 0.25) is 0 Å². The summed E-state index contributed by atoms with van der Waals surface area (Å²) in [5, 5.41) is 19.4. The van der Waals surface area contributed by atoms with Crippen molar-refractivity contribution in [1.82, 2.24) is 14.9 Å². The van der Waals surface area contributed by atoms with E-state index >= 15 is 0 Å². The number of thiophene rings is 2. The van der Waals surface area contributed by atoms with Crippen LogP contribution in [-0.4, -0.2) is 26.0 Å². The molecule has 0 unspecified atom stereocenters. The Morgan fingerprint density at radius 2 is 2.16 bits per heavy atom. The predicted molar refractivity (Wildman–Crippen MR) is 96.4 cm³/mol. The Labute approximate surface area is 154 Å². The SMILES string of the molecule is O=C(O)c1cc(-c2cccs2)n(Cc2cc(-c3ccc(Cl)s3)on2)n1. The molecule has 0 radical (unpaired) electrons. The Morgan fingerprint density at radius 1 is 1.28 bits per heavy atom. The Hall–Kier alpha value is -2.42. The van der Waals surface area contributed by atoms with Crippen LogP contribution in [0.4, 0.5) is 0 Å². The lowest BCUT2D eigenvalue weighted by Gasteiger charge is -2.02. The van der Waals surface area contributed by atoms with E-state index < -0.39 is 5.97 Å². The molecule has 4 heterocycles. The van der Waals surface area contributed by atoms with E-state index in [-0.39, 0.29) is 5.69 Å². The van der Waals surface area contributed by atoms with Crippen molar-refractivity contribution in [3.63, 3.8) is 0 Å². The Balaban J connectivity index is 1.66. The zero-order chi connectivity index (χ0) is 17.4. The van der Waals surface area contributed by atoms with Crippen LogP contribution in [0.1, 0.15) is 16.2 Å². The Bertz CT molecular complexity index is 1030. The molecule has 0 saturated heterocycles.